The number of aryl methyl sites for hydroxylation is 1. The minimum Gasteiger partial charge on any atom is -0.477 e. The Hall–Kier alpha value is -1.62. The molecule has 2 aromatic rings. The molecule has 76 valence electrons. The fraction of sp³-hybridized carbons (Fsp3) is 0.200. The third-order valence-electron chi connectivity index (χ3n) is 2.53. The van der Waals surface area contributed by atoms with Gasteiger partial charge in [-0.3, -0.25) is 4.68 Å². The van der Waals surface area contributed by atoms with E-state index in [2.05, 4.69) is 5.10 Å². The van der Waals surface area contributed by atoms with Crippen molar-refractivity contribution in [2.45, 2.75) is 6.42 Å². The highest BCUT2D eigenvalue weighted by atomic mass is 32.1. The minimum atomic E-state index is -0.855. The van der Waals surface area contributed by atoms with Gasteiger partial charge in [0.2, 0.25) is 0 Å². The van der Waals surface area contributed by atoms with Crippen LogP contribution in [0.3, 0.4) is 0 Å². The number of carbonyl (C=O) groups is 1. The summed E-state index contributed by atoms with van der Waals surface area (Å²) in [7, 11) is 1.88. The predicted octanol–water partition coefficient (Wildman–Crippen LogP) is 1.75. The number of rotatable bonds is 1. The summed E-state index contributed by atoms with van der Waals surface area (Å²) < 4.78 is 1.77. The van der Waals surface area contributed by atoms with E-state index in [1.54, 1.807) is 10.7 Å². The topological polar surface area (TPSA) is 55.1 Å². The Morgan fingerprint density at radius 1 is 1.67 bits per heavy atom. The number of carboxylic acid groups (broad SMARTS) is 1. The van der Waals surface area contributed by atoms with Gasteiger partial charge in [0.05, 0.1) is 5.69 Å². The molecule has 0 bridgehead atoms. The number of aromatic nitrogens is 2. The Balaban J connectivity index is 2.18. The molecule has 0 aliphatic heterocycles. The SMILES string of the molecule is Cn1cc2c(n1)-c1cc(C(=O)O)sc1C2. The first kappa shape index (κ1) is 8.67. The van der Waals surface area contributed by atoms with E-state index in [1.807, 2.05) is 13.2 Å². The van der Waals surface area contributed by atoms with Crippen molar-refractivity contribution in [3.8, 4) is 11.3 Å². The maximum absolute atomic E-state index is 10.8. The van der Waals surface area contributed by atoms with Gasteiger partial charge in [0, 0.05) is 35.7 Å². The van der Waals surface area contributed by atoms with Crippen LogP contribution in [0, 0.1) is 0 Å². The number of fused-ring (bicyclic) bond motifs is 3. The molecule has 15 heavy (non-hydrogen) atoms. The Bertz CT molecular complexity index is 568. The zero-order chi connectivity index (χ0) is 10.6. The second-order valence-electron chi connectivity index (χ2n) is 3.61. The van der Waals surface area contributed by atoms with Crippen molar-refractivity contribution in [1.29, 1.82) is 0 Å². The molecule has 2 heterocycles. The lowest BCUT2D eigenvalue weighted by Crippen LogP contribution is -1.90. The first-order chi connectivity index (χ1) is 7.15. The first-order valence-electron chi connectivity index (χ1n) is 4.54. The fourth-order valence-corrected chi connectivity index (χ4v) is 2.96. The summed E-state index contributed by atoms with van der Waals surface area (Å²) in [6.07, 6.45) is 2.80. The van der Waals surface area contributed by atoms with Gasteiger partial charge in [-0.1, -0.05) is 0 Å². The van der Waals surface area contributed by atoms with E-state index < -0.39 is 5.97 Å². The summed E-state index contributed by atoms with van der Waals surface area (Å²) in [5, 5.41) is 13.2. The van der Waals surface area contributed by atoms with Crippen molar-refractivity contribution in [2.75, 3.05) is 0 Å². The average Bonchev–Trinajstić information content (AvgIpc) is 2.73. The molecule has 5 heteroatoms. The largest absolute Gasteiger partial charge is 0.477 e. The van der Waals surface area contributed by atoms with Crippen LogP contribution < -0.4 is 0 Å². The van der Waals surface area contributed by atoms with Crippen LogP contribution in [0.1, 0.15) is 20.1 Å². The molecular formula is C10H8N2O2S. The number of hydrogen-bond donors (Lipinski definition) is 1. The van der Waals surface area contributed by atoms with Crippen molar-refractivity contribution in [1.82, 2.24) is 9.78 Å². The Morgan fingerprint density at radius 2 is 2.47 bits per heavy atom. The van der Waals surface area contributed by atoms with Crippen molar-refractivity contribution in [3.63, 3.8) is 0 Å². The fourth-order valence-electron chi connectivity index (χ4n) is 1.93. The average molecular weight is 220 g/mol. The number of carboxylic acids is 1. The molecule has 0 fully saturated rings. The number of aromatic carboxylic acids is 1. The maximum atomic E-state index is 10.8. The van der Waals surface area contributed by atoms with E-state index in [9.17, 15) is 4.79 Å². The molecule has 0 unspecified atom stereocenters. The minimum absolute atomic E-state index is 0.399. The second kappa shape index (κ2) is 2.70. The zero-order valence-corrected chi connectivity index (χ0v) is 8.84. The van der Waals surface area contributed by atoms with Crippen LogP contribution in [0.2, 0.25) is 0 Å². The van der Waals surface area contributed by atoms with Crippen molar-refractivity contribution in [2.24, 2.45) is 7.05 Å². The standard InChI is InChI=1S/C10H8N2O2S/c1-12-4-5-2-7-6(9(5)11-12)3-8(15-7)10(13)14/h3-4H,2H2,1H3,(H,13,14). The quantitative estimate of drug-likeness (QED) is 0.679. The zero-order valence-electron chi connectivity index (χ0n) is 8.02. The maximum Gasteiger partial charge on any atom is 0.345 e. The molecule has 0 saturated carbocycles. The first-order valence-corrected chi connectivity index (χ1v) is 5.35. The van der Waals surface area contributed by atoms with Gasteiger partial charge < -0.3 is 5.11 Å². The molecular weight excluding hydrogens is 212 g/mol. The highest BCUT2D eigenvalue weighted by Gasteiger charge is 2.25. The van der Waals surface area contributed by atoms with Gasteiger partial charge in [-0.15, -0.1) is 11.3 Å². The van der Waals surface area contributed by atoms with Crippen LogP contribution in [0.5, 0.6) is 0 Å². The number of thiophene rings is 1. The Labute approximate surface area is 89.8 Å². The molecule has 0 radical (unpaired) electrons. The molecule has 0 atom stereocenters. The van der Waals surface area contributed by atoms with E-state index in [-0.39, 0.29) is 0 Å². The van der Waals surface area contributed by atoms with Crippen LogP contribution in [-0.4, -0.2) is 20.9 Å². The molecule has 4 nitrogen and oxygen atoms in total. The van der Waals surface area contributed by atoms with E-state index in [4.69, 9.17) is 5.11 Å². The lowest BCUT2D eigenvalue weighted by atomic mass is 10.2. The molecule has 1 N–H and O–H groups in total. The van der Waals surface area contributed by atoms with E-state index >= 15 is 0 Å². The van der Waals surface area contributed by atoms with E-state index in [0.717, 1.165) is 22.6 Å². The highest BCUT2D eigenvalue weighted by molar-refractivity contribution is 7.14. The van der Waals surface area contributed by atoms with Crippen LogP contribution >= 0.6 is 11.3 Å². The lowest BCUT2D eigenvalue weighted by molar-refractivity contribution is 0.0702. The lowest BCUT2D eigenvalue weighted by Gasteiger charge is -1.88. The Morgan fingerprint density at radius 3 is 3.20 bits per heavy atom. The highest BCUT2D eigenvalue weighted by Crippen LogP contribution is 2.40. The molecule has 1 aliphatic rings. The van der Waals surface area contributed by atoms with Crippen molar-refractivity contribution < 1.29 is 9.90 Å². The molecule has 0 spiro atoms. The summed E-state index contributed by atoms with van der Waals surface area (Å²) in [6, 6.07) is 1.72. The third-order valence-corrected chi connectivity index (χ3v) is 3.65. The molecule has 3 rings (SSSR count). The number of nitrogens with zero attached hydrogens (tertiary/aromatic N) is 2. The van der Waals surface area contributed by atoms with Crippen LogP contribution in [0.25, 0.3) is 11.3 Å². The van der Waals surface area contributed by atoms with Crippen LogP contribution in [0.15, 0.2) is 12.3 Å². The summed E-state index contributed by atoms with van der Waals surface area (Å²) in [5.41, 5.74) is 3.12. The monoisotopic (exact) mass is 220 g/mol. The second-order valence-corrected chi connectivity index (χ2v) is 4.74. The van der Waals surface area contributed by atoms with Gasteiger partial charge in [-0.2, -0.15) is 5.10 Å². The van der Waals surface area contributed by atoms with Gasteiger partial charge >= 0.3 is 5.97 Å². The smallest absolute Gasteiger partial charge is 0.345 e. The molecule has 0 aromatic carbocycles. The molecule has 0 amide bonds. The van der Waals surface area contributed by atoms with Gasteiger partial charge in [-0.05, 0) is 6.07 Å². The summed E-state index contributed by atoms with van der Waals surface area (Å²) in [5.74, 6) is -0.855. The van der Waals surface area contributed by atoms with Gasteiger partial charge in [-0.25, -0.2) is 4.79 Å². The van der Waals surface area contributed by atoms with E-state index in [1.165, 1.54) is 16.9 Å². The van der Waals surface area contributed by atoms with Gasteiger partial charge in [0.1, 0.15) is 4.88 Å². The van der Waals surface area contributed by atoms with Crippen LogP contribution in [-0.2, 0) is 13.5 Å². The summed E-state index contributed by atoms with van der Waals surface area (Å²) in [4.78, 5) is 12.3. The summed E-state index contributed by atoms with van der Waals surface area (Å²) >= 11 is 1.35. The molecule has 2 aromatic heterocycles. The molecule has 1 aliphatic carbocycles. The van der Waals surface area contributed by atoms with E-state index in [0.29, 0.717) is 4.88 Å². The normalized spacial score (nSPS) is 12.6. The predicted molar refractivity (Wildman–Crippen MR) is 56.3 cm³/mol. The van der Waals surface area contributed by atoms with Crippen molar-refractivity contribution >= 4 is 17.3 Å². The Kier molecular flexibility index (Phi) is 1.56. The third kappa shape index (κ3) is 1.13. The van der Waals surface area contributed by atoms with Crippen molar-refractivity contribution in [3.05, 3.63) is 27.6 Å². The van der Waals surface area contributed by atoms with Crippen LogP contribution in [0.4, 0.5) is 0 Å². The summed E-state index contributed by atoms with van der Waals surface area (Å²) in [6.45, 7) is 0. The van der Waals surface area contributed by atoms with Gasteiger partial charge in [0.15, 0.2) is 0 Å². The number of hydrogen-bond acceptors (Lipinski definition) is 3. The van der Waals surface area contributed by atoms with Gasteiger partial charge in [0.25, 0.3) is 0 Å². The molecule has 0 saturated heterocycles.